The second kappa shape index (κ2) is 8.65. The number of nitrogens with one attached hydrogen (secondary N) is 1. The Morgan fingerprint density at radius 1 is 1.24 bits per heavy atom. The van der Waals surface area contributed by atoms with Crippen molar-refractivity contribution in [1.82, 2.24) is 5.32 Å². The van der Waals surface area contributed by atoms with E-state index in [1.54, 1.807) is 4.90 Å². The van der Waals surface area contributed by atoms with Crippen molar-refractivity contribution >= 4 is 23.5 Å². The van der Waals surface area contributed by atoms with E-state index >= 15 is 0 Å². The predicted molar refractivity (Wildman–Crippen MR) is 95.5 cm³/mol. The summed E-state index contributed by atoms with van der Waals surface area (Å²) in [5.74, 6) is -1.48. The normalized spacial score (nSPS) is 17.2. The molecule has 6 heteroatoms. The summed E-state index contributed by atoms with van der Waals surface area (Å²) < 4.78 is 0. The Morgan fingerprint density at radius 2 is 1.92 bits per heavy atom. The topological polar surface area (TPSA) is 86.7 Å². The molecule has 136 valence electrons. The molecule has 1 saturated heterocycles. The monoisotopic (exact) mass is 346 g/mol. The molecule has 1 heterocycles. The van der Waals surface area contributed by atoms with Crippen molar-refractivity contribution in [2.45, 2.75) is 45.4 Å². The van der Waals surface area contributed by atoms with Crippen LogP contribution in [-0.2, 0) is 14.4 Å². The molecule has 1 unspecified atom stereocenters. The first kappa shape index (κ1) is 19.0. The van der Waals surface area contributed by atoms with Crippen molar-refractivity contribution < 1.29 is 19.5 Å². The van der Waals surface area contributed by atoms with Crippen LogP contribution in [0.4, 0.5) is 5.69 Å². The van der Waals surface area contributed by atoms with Gasteiger partial charge in [-0.05, 0) is 42.9 Å². The lowest BCUT2D eigenvalue weighted by molar-refractivity contribution is -0.137. The van der Waals surface area contributed by atoms with Gasteiger partial charge in [-0.2, -0.15) is 0 Å². The first-order chi connectivity index (χ1) is 11.9. The van der Waals surface area contributed by atoms with Crippen LogP contribution < -0.4 is 10.2 Å². The highest BCUT2D eigenvalue weighted by molar-refractivity contribution is 6.09. The lowest BCUT2D eigenvalue weighted by Crippen LogP contribution is -2.37. The zero-order valence-electron chi connectivity index (χ0n) is 14.8. The molecular weight excluding hydrogens is 320 g/mol. The third kappa shape index (κ3) is 5.05. The number of hydrogen-bond donors (Lipinski definition) is 2. The predicted octanol–water partition coefficient (Wildman–Crippen LogP) is 2.53. The molecular formula is C19H26N2O4. The van der Waals surface area contributed by atoms with Crippen LogP contribution >= 0.6 is 0 Å². The van der Waals surface area contributed by atoms with E-state index in [4.69, 9.17) is 5.11 Å². The van der Waals surface area contributed by atoms with Crippen LogP contribution in [0.3, 0.4) is 0 Å². The molecule has 0 bridgehead atoms. The molecule has 1 aromatic rings. The van der Waals surface area contributed by atoms with Crippen LogP contribution in [0, 0.1) is 5.92 Å². The maximum absolute atomic E-state index is 12.5. The van der Waals surface area contributed by atoms with E-state index in [9.17, 15) is 14.4 Å². The minimum absolute atomic E-state index is 0.0956. The number of carbonyl (C=O) groups excluding carboxylic acids is 2. The molecule has 1 aliphatic heterocycles. The van der Waals surface area contributed by atoms with Gasteiger partial charge in [-0.25, -0.2) is 0 Å². The molecule has 0 spiro atoms. The highest BCUT2D eigenvalue weighted by atomic mass is 16.4. The Bertz CT molecular complexity index is 625. The number of rotatable bonds is 8. The van der Waals surface area contributed by atoms with Crippen LogP contribution in [0.2, 0.25) is 0 Å². The van der Waals surface area contributed by atoms with Gasteiger partial charge in [0.15, 0.2) is 0 Å². The van der Waals surface area contributed by atoms with Crippen molar-refractivity contribution in [3.63, 3.8) is 0 Å². The van der Waals surface area contributed by atoms with Gasteiger partial charge in [-0.15, -0.1) is 0 Å². The summed E-state index contributed by atoms with van der Waals surface area (Å²) in [7, 11) is 0. The summed E-state index contributed by atoms with van der Waals surface area (Å²) in [4.78, 5) is 36.8. The Balaban J connectivity index is 1.86. The molecule has 2 rings (SSSR count). The van der Waals surface area contributed by atoms with E-state index in [0.29, 0.717) is 38.3 Å². The van der Waals surface area contributed by atoms with Gasteiger partial charge in [-0.3, -0.25) is 14.4 Å². The summed E-state index contributed by atoms with van der Waals surface area (Å²) in [5, 5.41) is 11.3. The minimum Gasteiger partial charge on any atom is -0.481 e. The number of aliphatic carboxylic acids is 1. The fourth-order valence-electron chi connectivity index (χ4n) is 2.95. The summed E-state index contributed by atoms with van der Waals surface area (Å²) in [6, 6.07) is 7.89. The van der Waals surface area contributed by atoms with E-state index in [0.717, 1.165) is 5.69 Å². The van der Waals surface area contributed by atoms with Gasteiger partial charge in [0.25, 0.3) is 0 Å². The number of amides is 2. The van der Waals surface area contributed by atoms with Gasteiger partial charge in [0.2, 0.25) is 11.8 Å². The van der Waals surface area contributed by atoms with E-state index in [2.05, 4.69) is 19.2 Å². The summed E-state index contributed by atoms with van der Waals surface area (Å²) in [6.45, 7) is 5.18. The minimum atomic E-state index is -0.837. The number of carboxylic acids is 1. The second-order valence-corrected chi connectivity index (χ2v) is 6.72. The van der Waals surface area contributed by atoms with Crippen LogP contribution in [0.1, 0.15) is 51.0 Å². The molecule has 2 N–H and O–H groups in total. The van der Waals surface area contributed by atoms with Crippen LogP contribution in [-0.4, -0.2) is 36.0 Å². The Morgan fingerprint density at radius 3 is 2.52 bits per heavy atom. The SMILES string of the molecule is CC(C)c1ccc(N2CCC(C(=O)NCCCCC(=O)O)C2=O)cc1. The van der Waals surface area contributed by atoms with Crippen LogP contribution in [0.5, 0.6) is 0 Å². The van der Waals surface area contributed by atoms with Crippen molar-refractivity contribution in [2.24, 2.45) is 5.92 Å². The molecule has 0 aromatic heterocycles. The van der Waals surface area contributed by atoms with E-state index in [1.165, 1.54) is 5.56 Å². The molecule has 1 fully saturated rings. The van der Waals surface area contributed by atoms with Crippen LogP contribution in [0.25, 0.3) is 0 Å². The second-order valence-electron chi connectivity index (χ2n) is 6.72. The van der Waals surface area contributed by atoms with Gasteiger partial charge in [0, 0.05) is 25.2 Å². The Labute approximate surface area is 148 Å². The fraction of sp³-hybridized carbons (Fsp3) is 0.526. The third-order valence-corrected chi connectivity index (χ3v) is 4.51. The maximum Gasteiger partial charge on any atom is 0.303 e. The van der Waals surface area contributed by atoms with Gasteiger partial charge >= 0.3 is 5.97 Å². The number of carbonyl (C=O) groups is 3. The molecule has 25 heavy (non-hydrogen) atoms. The van der Waals surface area contributed by atoms with Crippen molar-refractivity contribution in [3.05, 3.63) is 29.8 Å². The number of hydrogen-bond acceptors (Lipinski definition) is 3. The zero-order valence-corrected chi connectivity index (χ0v) is 14.8. The Hall–Kier alpha value is -2.37. The third-order valence-electron chi connectivity index (χ3n) is 4.51. The van der Waals surface area contributed by atoms with E-state index in [-0.39, 0.29) is 18.2 Å². The lowest BCUT2D eigenvalue weighted by Gasteiger charge is -2.18. The number of unbranched alkanes of at least 4 members (excludes halogenated alkanes) is 1. The number of anilines is 1. The van der Waals surface area contributed by atoms with Crippen molar-refractivity contribution in [3.8, 4) is 0 Å². The molecule has 1 aromatic carbocycles. The lowest BCUT2D eigenvalue weighted by atomic mass is 10.0. The molecule has 0 aliphatic carbocycles. The van der Waals surface area contributed by atoms with Gasteiger partial charge in [0.1, 0.15) is 5.92 Å². The fourth-order valence-corrected chi connectivity index (χ4v) is 2.95. The molecule has 0 saturated carbocycles. The maximum atomic E-state index is 12.5. The summed E-state index contributed by atoms with van der Waals surface area (Å²) in [6.07, 6.45) is 1.71. The highest BCUT2D eigenvalue weighted by Crippen LogP contribution is 2.27. The van der Waals surface area contributed by atoms with Crippen molar-refractivity contribution in [1.29, 1.82) is 0 Å². The van der Waals surface area contributed by atoms with Gasteiger partial charge < -0.3 is 15.3 Å². The van der Waals surface area contributed by atoms with E-state index < -0.39 is 11.9 Å². The average molecular weight is 346 g/mol. The summed E-state index contributed by atoms with van der Waals surface area (Å²) in [5.41, 5.74) is 2.04. The molecule has 2 amide bonds. The average Bonchev–Trinajstić information content (AvgIpc) is 2.95. The van der Waals surface area contributed by atoms with E-state index in [1.807, 2.05) is 24.3 Å². The number of benzene rings is 1. The van der Waals surface area contributed by atoms with Gasteiger partial charge in [0.05, 0.1) is 0 Å². The zero-order chi connectivity index (χ0) is 18.4. The molecule has 1 aliphatic rings. The molecule has 1 atom stereocenters. The Kier molecular flexibility index (Phi) is 6.56. The molecule has 6 nitrogen and oxygen atoms in total. The standard InChI is InChI=1S/C19H26N2O4/c1-13(2)14-6-8-15(9-7-14)21-12-10-16(19(21)25)18(24)20-11-4-3-5-17(22)23/h6-9,13,16H,3-5,10-12H2,1-2H3,(H,20,24)(H,22,23). The summed E-state index contributed by atoms with van der Waals surface area (Å²) >= 11 is 0. The smallest absolute Gasteiger partial charge is 0.303 e. The highest BCUT2D eigenvalue weighted by Gasteiger charge is 2.37. The number of carboxylic acid groups (broad SMARTS) is 1. The molecule has 0 radical (unpaired) electrons. The first-order valence-corrected chi connectivity index (χ1v) is 8.81. The van der Waals surface area contributed by atoms with Crippen LogP contribution in [0.15, 0.2) is 24.3 Å². The quantitative estimate of drug-likeness (QED) is 0.559. The van der Waals surface area contributed by atoms with Crippen molar-refractivity contribution in [2.75, 3.05) is 18.0 Å². The first-order valence-electron chi connectivity index (χ1n) is 8.81. The largest absolute Gasteiger partial charge is 0.481 e. The number of nitrogens with zero attached hydrogens (tertiary/aromatic N) is 1. The van der Waals surface area contributed by atoms with Gasteiger partial charge in [-0.1, -0.05) is 26.0 Å².